The van der Waals surface area contributed by atoms with Gasteiger partial charge in [-0.05, 0) is 36.6 Å². The molecule has 4 N–H and O–H groups in total. The first-order valence-electron chi connectivity index (χ1n) is 5.65. The van der Waals surface area contributed by atoms with Gasteiger partial charge in [-0.1, -0.05) is 0 Å². The van der Waals surface area contributed by atoms with E-state index >= 15 is 0 Å². The molecule has 1 aromatic carbocycles. The number of fused-ring (bicyclic) bond motifs is 1. The molecule has 0 saturated carbocycles. The Morgan fingerprint density at radius 2 is 2.38 bits per heavy atom. The number of nitrogens with two attached hydrogens (primary N) is 1. The fourth-order valence-electron chi connectivity index (χ4n) is 1.78. The van der Waals surface area contributed by atoms with Crippen LogP contribution in [0.5, 0.6) is 5.75 Å². The zero-order valence-electron chi connectivity index (χ0n) is 9.28. The third-order valence-corrected chi connectivity index (χ3v) is 2.71. The average Bonchev–Trinajstić information content (AvgIpc) is 2.35. The maximum absolute atomic E-state index is 8.82. The van der Waals surface area contributed by atoms with E-state index in [0.29, 0.717) is 6.54 Å². The number of rotatable bonds is 4. The second-order valence-corrected chi connectivity index (χ2v) is 4.10. The van der Waals surface area contributed by atoms with Gasteiger partial charge in [0.15, 0.2) is 0 Å². The summed E-state index contributed by atoms with van der Waals surface area (Å²) in [6, 6.07) is 5.85. The molecule has 0 amide bonds. The summed E-state index contributed by atoms with van der Waals surface area (Å²) in [5.74, 6) is 0.989. The van der Waals surface area contributed by atoms with E-state index in [9.17, 15) is 0 Å². The number of anilines is 1. The summed E-state index contributed by atoms with van der Waals surface area (Å²) in [6.07, 6.45) is 2.14. The van der Waals surface area contributed by atoms with E-state index in [2.05, 4.69) is 11.4 Å². The van der Waals surface area contributed by atoms with Gasteiger partial charge in [0.1, 0.15) is 5.75 Å². The standard InChI is InChI=1S/C12H18N2O2/c13-10(8-15)7-14-11-3-4-12-9(6-11)2-1-5-16-12/h3-4,6,10,14-15H,1-2,5,7-8,13H2. The highest BCUT2D eigenvalue weighted by Gasteiger charge is 2.10. The fraction of sp³-hybridized carbons (Fsp3) is 0.500. The van der Waals surface area contributed by atoms with Crippen LogP contribution in [0.3, 0.4) is 0 Å². The van der Waals surface area contributed by atoms with Gasteiger partial charge in [-0.15, -0.1) is 0 Å². The average molecular weight is 222 g/mol. The number of benzene rings is 1. The molecule has 0 bridgehead atoms. The molecule has 16 heavy (non-hydrogen) atoms. The lowest BCUT2D eigenvalue weighted by atomic mass is 10.1. The smallest absolute Gasteiger partial charge is 0.122 e. The Morgan fingerprint density at radius 3 is 3.19 bits per heavy atom. The van der Waals surface area contributed by atoms with Crippen molar-refractivity contribution in [3.05, 3.63) is 23.8 Å². The van der Waals surface area contributed by atoms with Crippen molar-refractivity contribution >= 4 is 5.69 Å². The van der Waals surface area contributed by atoms with E-state index in [1.807, 2.05) is 12.1 Å². The van der Waals surface area contributed by atoms with E-state index in [1.165, 1.54) is 5.56 Å². The zero-order chi connectivity index (χ0) is 11.4. The second-order valence-electron chi connectivity index (χ2n) is 4.10. The Balaban J connectivity index is 2.00. The number of aryl methyl sites for hydroxylation is 1. The van der Waals surface area contributed by atoms with Gasteiger partial charge in [0, 0.05) is 18.3 Å². The maximum atomic E-state index is 8.82. The number of nitrogens with one attached hydrogen (secondary N) is 1. The van der Waals surface area contributed by atoms with Gasteiger partial charge < -0.3 is 20.9 Å². The molecule has 0 spiro atoms. The minimum absolute atomic E-state index is 0.00104. The molecule has 88 valence electrons. The summed E-state index contributed by atoms with van der Waals surface area (Å²) in [4.78, 5) is 0. The van der Waals surface area contributed by atoms with E-state index in [-0.39, 0.29) is 12.6 Å². The van der Waals surface area contributed by atoms with Crippen molar-refractivity contribution in [2.45, 2.75) is 18.9 Å². The lowest BCUT2D eigenvalue weighted by molar-refractivity contribution is 0.270. The lowest BCUT2D eigenvalue weighted by Crippen LogP contribution is -2.32. The maximum Gasteiger partial charge on any atom is 0.122 e. The Kier molecular flexibility index (Phi) is 3.64. The molecule has 1 heterocycles. The first kappa shape index (κ1) is 11.2. The quantitative estimate of drug-likeness (QED) is 0.703. The van der Waals surface area contributed by atoms with Crippen molar-refractivity contribution in [3.63, 3.8) is 0 Å². The van der Waals surface area contributed by atoms with Crippen LogP contribution < -0.4 is 15.8 Å². The van der Waals surface area contributed by atoms with Crippen LogP contribution in [0.1, 0.15) is 12.0 Å². The molecule has 4 nitrogen and oxygen atoms in total. The first-order chi connectivity index (χ1) is 7.79. The number of aliphatic hydroxyl groups excluding tert-OH is 1. The Morgan fingerprint density at radius 1 is 1.50 bits per heavy atom. The third-order valence-electron chi connectivity index (χ3n) is 2.71. The van der Waals surface area contributed by atoms with Gasteiger partial charge >= 0.3 is 0 Å². The molecule has 1 aliphatic heterocycles. The van der Waals surface area contributed by atoms with Crippen molar-refractivity contribution in [2.24, 2.45) is 5.73 Å². The monoisotopic (exact) mass is 222 g/mol. The molecule has 4 heteroatoms. The largest absolute Gasteiger partial charge is 0.493 e. The summed E-state index contributed by atoms with van der Waals surface area (Å²) in [7, 11) is 0. The van der Waals surface area contributed by atoms with Crippen LogP contribution in [-0.4, -0.2) is 30.9 Å². The normalized spacial score (nSPS) is 16.1. The van der Waals surface area contributed by atoms with E-state index in [4.69, 9.17) is 15.6 Å². The van der Waals surface area contributed by atoms with Gasteiger partial charge in [0.05, 0.1) is 13.2 Å². The molecule has 1 unspecified atom stereocenters. The van der Waals surface area contributed by atoms with Crippen LogP contribution in [0.2, 0.25) is 0 Å². The van der Waals surface area contributed by atoms with Gasteiger partial charge in [-0.25, -0.2) is 0 Å². The van der Waals surface area contributed by atoms with Crippen LogP contribution in [0, 0.1) is 0 Å². The highest BCUT2D eigenvalue weighted by atomic mass is 16.5. The predicted octanol–water partition coefficient (Wildman–Crippen LogP) is 0.743. The van der Waals surface area contributed by atoms with Gasteiger partial charge in [0.25, 0.3) is 0 Å². The number of ether oxygens (including phenoxy) is 1. The van der Waals surface area contributed by atoms with Crippen LogP contribution in [0.15, 0.2) is 18.2 Å². The summed E-state index contributed by atoms with van der Waals surface area (Å²) < 4.78 is 5.53. The molecule has 0 saturated heterocycles. The van der Waals surface area contributed by atoms with Crippen molar-refractivity contribution in [2.75, 3.05) is 25.1 Å². The Labute approximate surface area is 95.4 Å². The third kappa shape index (κ3) is 2.65. The highest BCUT2D eigenvalue weighted by Crippen LogP contribution is 2.27. The highest BCUT2D eigenvalue weighted by molar-refractivity contribution is 5.51. The van der Waals surface area contributed by atoms with Crippen LogP contribution in [0.4, 0.5) is 5.69 Å². The summed E-state index contributed by atoms with van der Waals surface area (Å²) >= 11 is 0. The van der Waals surface area contributed by atoms with Crippen LogP contribution >= 0.6 is 0 Å². The summed E-state index contributed by atoms with van der Waals surface area (Å²) in [6.45, 7) is 1.40. The molecule has 0 aliphatic carbocycles. The molecule has 2 rings (SSSR count). The Hall–Kier alpha value is -1.26. The topological polar surface area (TPSA) is 67.5 Å². The number of hydrogen-bond donors (Lipinski definition) is 3. The summed E-state index contributed by atoms with van der Waals surface area (Å²) in [5, 5.41) is 12.0. The molecule has 0 aromatic heterocycles. The lowest BCUT2D eigenvalue weighted by Gasteiger charge is -2.18. The van der Waals surface area contributed by atoms with Crippen molar-refractivity contribution in [1.82, 2.24) is 0 Å². The molecule has 0 radical (unpaired) electrons. The Bertz CT molecular complexity index is 355. The van der Waals surface area contributed by atoms with E-state index in [1.54, 1.807) is 0 Å². The molecule has 0 fully saturated rings. The van der Waals surface area contributed by atoms with Gasteiger partial charge in [-0.3, -0.25) is 0 Å². The minimum Gasteiger partial charge on any atom is -0.493 e. The fourth-order valence-corrected chi connectivity index (χ4v) is 1.78. The van der Waals surface area contributed by atoms with Crippen molar-refractivity contribution in [1.29, 1.82) is 0 Å². The van der Waals surface area contributed by atoms with E-state index in [0.717, 1.165) is 30.9 Å². The SMILES string of the molecule is NC(CO)CNc1ccc2c(c1)CCCO2. The molecule has 1 aromatic rings. The molecular weight excluding hydrogens is 204 g/mol. The summed E-state index contributed by atoms with van der Waals surface area (Å²) in [5.41, 5.74) is 7.90. The molecular formula is C12H18N2O2. The second kappa shape index (κ2) is 5.18. The van der Waals surface area contributed by atoms with Crippen molar-refractivity contribution < 1.29 is 9.84 Å². The van der Waals surface area contributed by atoms with E-state index < -0.39 is 0 Å². The van der Waals surface area contributed by atoms with Gasteiger partial charge in [-0.2, -0.15) is 0 Å². The van der Waals surface area contributed by atoms with Crippen LogP contribution in [0.25, 0.3) is 0 Å². The molecule has 1 atom stereocenters. The minimum atomic E-state index is -0.215. The molecule has 1 aliphatic rings. The first-order valence-corrected chi connectivity index (χ1v) is 5.65. The predicted molar refractivity (Wildman–Crippen MR) is 63.8 cm³/mol. The number of hydrogen-bond acceptors (Lipinski definition) is 4. The van der Waals surface area contributed by atoms with Crippen molar-refractivity contribution in [3.8, 4) is 5.75 Å². The zero-order valence-corrected chi connectivity index (χ0v) is 9.28. The number of aliphatic hydroxyl groups is 1. The van der Waals surface area contributed by atoms with Gasteiger partial charge in [0.2, 0.25) is 0 Å². The van der Waals surface area contributed by atoms with Crippen LogP contribution in [-0.2, 0) is 6.42 Å².